The van der Waals surface area contributed by atoms with Gasteiger partial charge in [-0.1, -0.05) is 13.8 Å². The molecule has 106 valence electrons. The molecule has 1 aliphatic rings. The largest absolute Gasteiger partial charge is 0.491 e. The Kier molecular flexibility index (Phi) is 4.23. The van der Waals surface area contributed by atoms with Crippen molar-refractivity contribution in [3.8, 4) is 5.75 Å². The summed E-state index contributed by atoms with van der Waals surface area (Å²) in [6.45, 7) is 11.0. The van der Waals surface area contributed by atoms with Gasteiger partial charge in [-0.05, 0) is 38.2 Å². The SMILES string of the molecule is CC(C)Oc1cc(N)cc(N2CCC(C)C(C)C2)c1. The van der Waals surface area contributed by atoms with Crippen LogP contribution in [0.3, 0.4) is 0 Å². The summed E-state index contributed by atoms with van der Waals surface area (Å²) in [5, 5.41) is 0. The van der Waals surface area contributed by atoms with E-state index >= 15 is 0 Å². The molecule has 0 bridgehead atoms. The molecule has 0 amide bonds. The third-order valence-corrected chi connectivity index (χ3v) is 3.98. The van der Waals surface area contributed by atoms with Crippen molar-refractivity contribution in [1.82, 2.24) is 0 Å². The second kappa shape index (κ2) is 5.72. The maximum Gasteiger partial charge on any atom is 0.123 e. The van der Waals surface area contributed by atoms with E-state index in [-0.39, 0.29) is 6.10 Å². The molecule has 0 aromatic heterocycles. The summed E-state index contributed by atoms with van der Waals surface area (Å²) in [7, 11) is 0. The third kappa shape index (κ3) is 3.55. The Balaban J connectivity index is 2.17. The summed E-state index contributed by atoms with van der Waals surface area (Å²) in [6.07, 6.45) is 1.42. The maximum absolute atomic E-state index is 6.00. The quantitative estimate of drug-likeness (QED) is 0.847. The zero-order valence-corrected chi connectivity index (χ0v) is 12.5. The maximum atomic E-state index is 6.00. The molecule has 0 radical (unpaired) electrons. The van der Waals surface area contributed by atoms with E-state index in [9.17, 15) is 0 Å². The molecule has 19 heavy (non-hydrogen) atoms. The molecule has 0 aliphatic carbocycles. The molecule has 1 aliphatic heterocycles. The summed E-state index contributed by atoms with van der Waals surface area (Å²) in [6, 6.07) is 6.06. The molecule has 2 unspecified atom stereocenters. The highest BCUT2D eigenvalue weighted by molar-refractivity contribution is 5.60. The number of anilines is 2. The zero-order chi connectivity index (χ0) is 14.0. The highest BCUT2D eigenvalue weighted by Gasteiger charge is 2.23. The van der Waals surface area contributed by atoms with Gasteiger partial charge in [0.05, 0.1) is 6.10 Å². The number of nitrogen functional groups attached to an aromatic ring is 1. The molecule has 1 saturated heterocycles. The van der Waals surface area contributed by atoms with Gasteiger partial charge in [-0.25, -0.2) is 0 Å². The smallest absolute Gasteiger partial charge is 0.123 e. The second-order valence-electron chi connectivity index (χ2n) is 6.12. The number of nitrogens with two attached hydrogens (primary N) is 1. The predicted molar refractivity (Wildman–Crippen MR) is 81.8 cm³/mol. The van der Waals surface area contributed by atoms with E-state index in [1.54, 1.807) is 0 Å². The minimum atomic E-state index is 0.176. The first-order valence-corrected chi connectivity index (χ1v) is 7.28. The van der Waals surface area contributed by atoms with Crippen molar-refractivity contribution in [2.45, 2.75) is 40.2 Å². The number of nitrogens with zero attached hydrogens (tertiary/aromatic N) is 1. The van der Waals surface area contributed by atoms with Gasteiger partial charge in [-0.15, -0.1) is 0 Å². The van der Waals surface area contributed by atoms with Gasteiger partial charge in [0.2, 0.25) is 0 Å². The molecule has 1 aromatic rings. The average Bonchev–Trinajstić information content (AvgIpc) is 2.31. The van der Waals surface area contributed by atoms with Crippen molar-refractivity contribution < 1.29 is 4.74 Å². The fourth-order valence-corrected chi connectivity index (χ4v) is 2.63. The normalized spacial score (nSPS) is 23.7. The van der Waals surface area contributed by atoms with Gasteiger partial charge in [0.1, 0.15) is 5.75 Å². The first kappa shape index (κ1) is 14.0. The molecule has 2 atom stereocenters. The number of rotatable bonds is 3. The van der Waals surface area contributed by atoms with Gasteiger partial charge in [0, 0.05) is 36.6 Å². The van der Waals surface area contributed by atoms with Crippen molar-refractivity contribution in [1.29, 1.82) is 0 Å². The van der Waals surface area contributed by atoms with Crippen LogP contribution < -0.4 is 15.4 Å². The van der Waals surface area contributed by atoms with E-state index in [2.05, 4.69) is 30.9 Å². The van der Waals surface area contributed by atoms with Crippen LogP contribution in [0.2, 0.25) is 0 Å². The average molecular weight is 262 g/mol. The van der Waals surface area contributed by atoms with Crippen LogP contribution in [0, 0.1) is 11.8 Å². The fraction of sp³-hybridized carbons (Fsp3) is 0.625. The summed E-state index contributed by atoms with van der Waals surface area (Å²) >= 11 is 0. The minimum Gasteiger partial charge on any atom is -0.491 e. The first-order valence-electron chi connectivity index (χ1n) is 7.28. The molecule has 0 saturated carbocycles. The standard InChI is InChI=1S/C16H26N2O/c1-11(2)19-16-8-14(17)7-15(9-16)18-6-5-12(3)13(4)10-18/h7-9,11-13H,5-6,10,17H2,1-4H3. The van der Waals surface area contributed by atoms with Crippen LogP contribution in [0.1, 0.15) is 34.1 Å². The second-order valence-corrected chi connectivity index (χ2v) is 6.12. The lowest BCUT2D eigenvalue weighted by atomic mass is 9.88. The van der Waals surface area contributed by atoms with Crippen LogP contribution in [-0.4, -0.2) is 19.2 Å². The van der Waals surface area contributed by atoms with E-state index < -0.39 is 0 Å². The highest BCUT2D eigenvalue weighted by atomic mass is 16.5. The lowest BCUT2D eigenvalue weighted by Gasteiger charge is -2.37. The van der Waals surface area contributed by atoms with E-state index in [0.717, 1.165) is 36.4 Å². The van der Waals surface area contributed by atoms with Crippen LogP contribution >= 0.6 is 0 Å². The van der Waals surface area contributed by atoms with Crippen molar-refractivity contribution in [2.75, 3.05) is 23.7 Å². The van der Waals surface area contributed by atoms with Gasteiger partial charge in [0.25, 0.3) is 0 Å². The van der Waals surface area contributed by atoms with Gasteiger partial charge >= 0.3 is 0 Å². The van der Waals surface area contributed by atoms with Crippen LogP contribution in [0.25, 0.3) is 0 Å². The van der Waals surface area contributed by atoms with Crippen molar-refractivity contribution in [3.05, 3.63) is 18.2 Å². The molecule has 2 rings (SSSR count). The molecule has 3 heteroatoms. The summed E-state index contributed by atoms with van der Waals surface area (Å²) < 4.78 is 5.77. The topological polar surface area (TPSA) is 38.5 Å². The number of benzene rings is 1. The Hall–Kier alpha value is -1.38. The van der Waals surface area contributed by atoms with Gasteiger partial charge in [-0.2, -0.15) is 0 Å². The Morgan fingerprint density at radius 3 is 2.58 bits per heavy atom. The minimum absolute atomic E-state index is 0.176. The molecular weight excluding hydrogens is 236 g/mol. The molecule has 1 fully saturated rings. The summed E-state index contributed by atoms with van der Waals surface area (Å²) in [5.74, 6) is 2.41. The molecule has 1 heterocycles. The number of piperidine rings is 1. The van der Waals surface area contributed by atoms with Crippen LogP contribution in [0.4, 0.5) is 11.4 Å². The fourth-order valence-electron chi connectivity index (χ4n) is 2.63. The van der Waals surface area contributed by atoms with Crippen molar-refractivity contribution in [3.63, 3.8) is 0 Å². The third-order valence-electron chi connectivity index (χ3n) is 3.98. The Bertz CT molecular complexity index is 431. The molecule has 1 aromatic carbocycles. The van der Waals surface area contributed by atoms with E-state index in [0.29, 0.717) is 0 Å². The highest BCUT2D eigenvalue weighted by Crippen LogP contribution is 2.31. The zero-order valence-electron chi connectivity index (χ0n) is 12.5. The van der Waals surface area contributed by atoms with Crippen LogP contribution in [-0.2, 0) is 0 Å². The van der Waals surface area contributed by atoms with E-state index in [4.69, 9.17) is 10.5 Å². The lowest BCUT2D eigenvalue weighted by molar-refractivity contribution is 0.242. The van der Waals surface area contributed by atoms with Crippen molar-refractivity contribution >= 4 is 11.4 Å². The van der Waals surface area contributed by atoms with Crippen molar-refractivity contribution in [2.24, 2.45) is 11.8 Å². The lowest BCUT2D eigenvalue weighted by Crippen LogP contribution is -2.38. The summed E-state index contributed by atoms with van der Waals surface area (Å²) in [4.78, 5) is 2.42. The Morgan fingerprint density at radius 2 is 1.95 bits per heavy atom. The molecular formula is C16H26N2O. The number of ether oxygens (including phenoxy) is 1. The molecule has 0 spiro atoms. The number of hydrogen-bond acceptors (Lipinski definition) is 3. The van der Waals surface area contributed by atoms with Gasteiger partial charge in [-0.3, -0.25) is 0 Å². The molecule has 2 N–H and O–H groups in total. The molecule has 3 nitrogen and oxygen atoms in total. The predicted octanol–water partition coefficient (Wildman–Crippen LogP) is 3.54. The van der Waals surface area contributed by atoms with Crippen LogP contribution in [0.15, 0.2) is 18.2 Å². The first-order chi connectivity index (χ1) is 8.95. The van der Waals surface area contributed by atoms with Gasteiger partial charge < -0.3 is 15.4 Å². The van der Waals surface area contributed by atoms with E-state index in [1.807, 2.05) is 19.9 Å². The Morgan fingerprint density at radius 1 is 1.21 bits per heavy atom. The van der Waals surface area contributed by atoms with E-state index in [1.165, 1.54) is 12.1 Å². The van der Waals surface area contributed by atoms with Gasteiger partial charge in [0.15, 0.2) is 0 Å². The number of hydrogen-bond donors (Lipinski definition) is 1. The monoisotopic (exact) mass is 262 g/mol. The Labute approximate surface area is 116 Å². The summed E-state index contributed by atoms with van der Waals surface area (Å²) in [5.41, 5.74) is 7.96. The van der Waals surface area contributed by atoms with Crippen LogP contribution in [0.5, 0.6) is 5.75 Å².